The molecule has 0 saturated heterocycles. The van der Waals surface area contributed by atoms with Crippen LogP contribution in [-0.2, 0) is 0 Å². The number of thiazole rings is 1. The molecule has 0 fully saturated rings. The number of hydrogen-bond donors (Lipinski definition) is 1. The van der Waals surface area contributed by atoms with E-state index in [1.54, 1.807) is 23.7 Å². The molecular formula is C15H13N3S. The van der Waals surface area contributed by atoms with Crippen molar-refractivity contribution in [2.24, 2.45) is 0 Å². The number of pyridine rings is 1. The van der Waals surface area contributed by atoms with Crippen molar-refractivity contribution >= 4 is 22.2 Å². The van der Waals surface area contributed by atoms with Gasteiger partial charge in [-0.15, -0.1) is 11.3 Å². The summed E-state index contributed by atoms with van der Waals surface area (Å²) in [5.41, 5.74) is 4.37. The highest BCUT2D eigenvalue weighted by molar-refractivity contribution is 7.14. The van der Waals surface area contributed by atoms with Gasteiger partial charge in [0.1, 0.15) is 0 Å². The van der Waals surface area contributed by atoms with Crippen LogP contribution >= 0.6 is 11.3 Å². The average Bonchev–Trinajstić information content (AvgIpc) is 2.91. The Labute approximate surface area is 116 Å². The van der Waals surface area contributed by atoms with Crippen LogP contribution < -0.4 is 5.32 Å². The van der Waals surface area contributed by atoms with Crippen LogP contribution in [0.2, 0.25) is 0 Å². The van der Waals surface area contributed by atoms with Crippen LogP contribution in [0.5, 0.6) is 0 Å². The van der Waals surface area contributed by atoms with Gasteiger partial charge in [0.2, 0.25) is 0 Å². The molecule has 0 spiro atoms. The first-order valence-corrected chi connectivity index (χ1v) is 6.89. The summed E-state index contributed by atoms with van der Waals surface area (Å²) in [6.45, 7) is 2.08. The van der Waals surface area contributed by atoms with Crippen LogP contribution in [0.25, 0.3) is 11.3 Å². The fourth-order valence-electron chi connectivity index (χ4n) is 1.75. The van der Waals surface area contributed by atoms with E-state index < -0.39 is 0 Å². The smallest absolute Gasteiger partial charge is 0.187 e. The fourth-order valence-corrected chi connectivity index (χ4v) is 2.49. The van der Waals surface area contributed by atoms with Crippen molar-refractivity contribution < 1.29 is 0 Å². The predicted octanol–water partition coefficient (Wildman–Crippen LogP) is 4.26. The third-order valence-corrected chi connectivity index (χ3v) is 3.54. The van der Waals surface area contributed by atoms with E-state index in [0.29, 0.717) is 0 Å². The monoisotopic (exact) mass is 267 g/mol. The molecule has 0 atom stereocenters. The molecule has 2 heterocycles. The van der Waals surface area contributed by atoms with Crippen LogP contribution in [0, 0.1) is 6.92 Å². The third-order valence-electron chi connectivity index (χ3n) is 2.78. The zero-order chi connectivity index (χ0) is 13.1. The minimum atomic E-state index is 0.899. The molecular weight excluding hydrogens is 254 g/mol. The molecule has 0 saturated carbocycles. The number of nitrogens with one attached hydrogen (secondary N) is 1. The highest BCUT2D eigenvalue weighted by Crippen LogP contribution is 2.26. The van der Waals surface area contributed by atoms with Crippen LogP contribution in [0.4, 0.5) is 10.8 Å². The van der Waals surface area contributed by atoms with E-state index in [9.17, 15) is 0 Å². The van der Waals surface area contributed by atoms with E-state index in [1.165, 1.54) is 5.56 Å². The first kappa shape index (κ1) is 11.9. The minimum Gasteiger partial charge on any atom is -0.332 e. The molecule has 1 aromatic carbocycles. The van der Waals surface area contributed by atoms with Crippen molar-refractivity contribution in [3.05, 3.63) is 59.7 Å². The Morgan fingerprint density at radius 2 is 1.74 bits per heavy atom. The van der Waals surface area contributed by atoms with Crippen LogP contribution in [0.1, 0.15) is 5.56 Å². The number of rotatable bonds is 3. The molecule has 0 bridgehead atoms. The summed E-state index contributed by atoms with van der Waals surface area (Å²) in [7, 11) is 0. The number of hydrogen-bond acceptors (Lipinski definition) is 4. The number of aromatic nitrogens is 2. The summed E-state index contributed by atoms with van der Waals surface area (Å²) in [5, 5.41) is 6.26. The molecule has 3 rings (SSSR count). The number of nitrogens with zero attached hydrogens (tertiary/aromatic N) is 2. The second kappa shape index (κ2) is 5.20. The quantitative estimate of drug-likeness (QED) is 0.770. The summed E-state index contributed by atoms with van der Waals surface area (Å²) in [5.74, 6) is 0. The van der Waals surface area contributed by atoms with Gasteiger partial charge in [-0.3, -0.25) is 4.98 Å². The van der Waals surface area contributed by atoms with Gasteiger partial charge >= 0.3 is 0 Å². The fraction of sp³-hybridized carbons (Fsp3) is 0.0667. The maximum atomic E-state index is 4.58. The topological polar surface area (TPSA) is 37.8 Å². The van der Waals surface area contributed by atoms with Crippen molar-refractivity contribution in [3.63, 3.8) is 0 Å². The van der Waals surface area contributed by atoms with Gasteiger partial charge in [-0.05, 0) is 31.2 Å². The summed E-state index contributed by atoms with van der Waals surface area (Å²) in [6.07, 6.45) is 3.56. The first-order valence-electron chi connectivity index (χ1n) is 6.01. The standard InChI is InChI=1S/C15H13N3S/c1-11-2-4-13(5-3-11)17-15-18-14(10-19-15)12-6-8-16-9-7-12/h2-10H,1H3,(H,17,18). The lowest BCUT2D eigenvalue weighted by molar-refractivity contribution is 1.31. The lowest BCUT2D eigenvalue weighted by Crippen LogP contribution is -1.89. The minimum absolute atomic E-state index is 0.899. The molecule has 4 heteroatoms. The molecule has 94 valence electrons. The molecule has 0 radical (unpaired) electrons. The Hall–Kier alpha value is -2.20. The van der Waals surface area contributed by atoms with Gasteiger partial charge in [-0.2, -0.15) is 0 Å². The van der Waals surface area contributed by atoms with Crippen LogP contribution in [0.3, 0.4) is 0 Å². The van der Waals surface area contributed by atoms with Gasteiger partial charge in [-0.1, -0.05) is 17.7 Å². The van der Waals surface area contributed by atoms with E-state index >= 15 is 0 Å². The maximum absolute atomic E-state index is 4.58. The summed E-state index contributed by atoms with van der Waals surface area (Å²) in [4.78, 5) is 8.59. The summed E-state index contributed by atoms with van der Waals surface area (Å²) in [6, 6.07) is 12.2. The number of aryl methyl sites for hydroxylation is 1. The molecule has 1 N–H and O–H groups in total. The van der Waals surface area contributed by atoms with E-state index in [1.807, 2.05) is 17.5 Å². The van der Waals surface area contributed by atoms with Gasteiger partial charge in [0, 0.05) is 29.0 Å². The van der Waals surface area contributed by atoms with E-state index in [4.69, 9.17) is 0 Å². The summed E-state index contributed by atoms with van der Waals surface area (Å²) < 4.78 is 0. The average molecular weight is 267 g/mol. The van der Waals surface area contributed by atoms with Crippen molar-refractivity contribution in [1.82, 2.24) is 9.97 Å². The zero-order valence-electron chi connectivity index (χ0n) is 10.5. The van der Waals surface area contributed by atoms with Crippen molar-refractivity contribution in [2.45, 2.75) is 6.92 Å². The summed E-state index contributed by atoms with van der Waals surface area (Å²) >= 11 is 1.60. The Bertz CT molecular complexity index is 659. The van der Waals surface area contributed by atoms with Crippen LogP contribution in [0.15, 0.2) is 54.2 Å². The van der Waals surface area contributed by atoms with Crippen molar-refractivity contribution in [2.75, 3.05) is 5.32 Å². The lowest BCUT2D eigenvalue weighted by Gasteiger charge is -2.02. The maximum Gasteiger partial charge on any atom is 0.187 e. The second-order valence-corrected chi connectivity index (χ2v) is 5.12. The van der Waals surface area contributed by atoms with E-state index in [-0.39, 0.29) is 0 Å². The number of anilines is 2. The van der Waals surface area contributed by atoms with Crippen LogP contribution in [-0.4, -0.2) is 9.97 Å². The van der Waals surface area contributed by atoms with Crippen molar-refractivity contribution in [1.29, 1.82) is 0 Å². The molecule has 0 amide bonds. The molecule has 0 aliphatic carbocycles. The normalized spacial score (nSPS) is 10.4. The van der Waals surface area contributed by atoms with Gasteiger partial charge in [-0.25, -0.2) is 4.98 Å². The van der Waals surface area contributed by atoms with E-state index in [2.05, 4.69) is 46.5 Å². The molecule has 19 heavy (non-hydrogen) atoms. The molecule has 3 aromatic rings. The molecule has 3 nitrogen and oxygen atoms in total. The molecule has 2 aromatic heterocycles. The Kier molecular flexibility index (Phi) is 3.25. The SMILES string of the molecule is Cc1ccc(Nc2nc(-c3ccncc3)cs2)cc1. The Morgan fingerprint density at radius 3 is 2.47 bits per heavy atom. The van der Waals surface area contributed by atoms with Gasteiger partial charge in [0.15, 0.2) is 5.13 Å². The Morgan fingerprint density at radius 1 is 1.00 bits per heavy atom. The van der Waals surface area contributed by atoms with E-state index in [0.717, 1.165) is 22.1 Å². The molecule has 0 aliphatic heterocycles. The highest BCUT2D eigenvalue weighted by atomic mass is 32.1. The first-order chi connectivity index (χ1) is 9.31. The Balaban J connectivity index is 1.80. The molecule has 0 aliphatic rings. The molecule has 0 unspecified atom stereocenters. The highest BCUT2D eigenvalue weighted by Gasteiger charge is 2.04. The lowest BCUT2D eigenvalue weighted by atomic mass is 10.2. The van der Waals surface area contributed by atoms with Gasteiger partial charge in [0.05, 0.1) is 5.69 Å². The second-order valence-electron chi connectivity index (χ2n) is 4.26. The number of benzene rings is 1. The van der Waals surface area contributed by atoms with Crippen molar-refractivity contribution in [3.8, 4) is 11.3 Å². The zero-order valence-corrected chi connectivity index (χ0v) is 11.3. The van der Waals surface area contributed by atoms with Gasteiger partial charge in [0.25, 0.3) is 0 Å². The largest absolute Gasteiger partial charge is 0.332 e. The van der Waals surface area contributed by atoms with Gasteiger partial charge < -0.3 is 5.32 Å². The predicted molar refractivity (Wildman–Crippen MR) is 79.8 cm³/mol. The third kappa shape index (κ3) is 2.80.